The lowest BCUT2D eigenvalue weighted by molar-refractivity contribution is -0.137. The molecule has 8 heteroatoms. The van der Waals surface area contributed by atoms with E-state index >= 15 is 0 Å². The van der Waals surface area contributed by atoms with Crippen LogP contribution >= 0.6 is 24.0 Å². The fourth-order valence-electron chi connectivity index (χ4n) is 3.96. The molecule has 0 spiro atoms. The topological polar surface area (TPSA) is 29.5 Å². The molecule has 0 bridgehead atoms. The molecule has 0 aliphatic carbocycles. The number of thioether (sulfide) groups is 1. The lowest BCUT2D eigenvalue weighted by Crippen LogP contribution is -2.27. The van der Waals surface area contributed by atoms with Crippen molar-refractivity contribution in [3.8, 4) is 5.75 Å². The molecule has 1 saturated heterocycles. The zero-order valence-corrected chi connectivity index (χ0v) is 20.3. The van der Waals surface area contributed by atoms with Crippen LogP contribution in [-0.4, -0.2) is 10.2 Å². The molecule has 36 heavy (non-hydrogen) atoms. The first-order valence-electron chi connectivity index (χ1n) is 10.9. The maximum atomic E-state index is 13.2. The molecule has 0 saturated carbocycles. The number of alkyl halides is 3. The summed E-state index contributed by atoms with van der Waals surface area (Å²) in [4.78, 5) is 14.6. The number of rotatable bonds is 5. The zero-order valence-electron chi connectivity index (χ0n) is 18.7. The Morgan fingerprint density at radius 1 is 0.917 bits per heavy atom. The van der Waals surface area contributed by atoms with Crippen LogP contribution < -0.4 is 9.64 Å². The molecule has 1 amide bonds. The Labute approximate surface area is 215 Å². The van der Waals surface area contributed by atoms with Crippen LogP contribution in [0.25, 0.3) is 16.8 Å². The van der Waals surface area contributed by atoms with E-state index < -0.39 is 17.6 Å². The monoisotopic (exact) mass is 521 g/mol. The molecule has 0 atom stereocenters. The first-order valence-corrected chi connectivity index (χ1v) is 12.2. The number of carbonyl (C=O) groups is 1. The summed E-state index contributed by atoms with van der Waals surface area (Å²) in [7, 11) is 0. The average Bonchev–Trinajstić information content (AvgIpc) is 3.15. The second-order valence-corrected chi connectivity index (χ2v) is 9.71. The number of fused-ring (bicyclic) bond motifs is 1. The average molecular weight is 522 g/mol. The minimum atomic E-state index is -4.52. The number of halogens is 3. The van der Waals surface area contributed by atoms with Gasteiger partial charge in [-0.05, 0) is 46.7 Å². The largest absolute Gasteiger partial charge is 0.488 e. The van der Waals surface area contributed by atoms with Gasteiger partial charge in [-0.3, -0.25) is 9.69 Å². The van der Waals surface area contributed by atoms with E-state index in [1.807, 2.05) is 66.7 Å². The third kappa shape index (κ3) is 4.87. The number of hydrogen-bond donors (Lipinski definition) is 0. The molecular weight excluding hydrogens is 503 g/mol. The second-order valence-electron chi connectivity index (χ2n) is 8.03. The standard InChI is InChI=1S/C28H18F3NO2S2/c29-28(30,31)21-11-6-12-22(16-21)32-26(33)25(36-27(32)35)15-19-8-2-4-14-24(19)34-17-20-10-5-9-18-7-1-3-13-23(18)20/h1-16H,17H2/b25-15+. The van der Waals surface area contributed by atoms with Gasteiger partial charge in [0, 0.05) is 5.56 Å². The Hall–Kier alpha value is -3.62. The van der Waals surface area contributed by atoms with E-state index in [4.69, 9.17) is 17.0 Å². The molecule has 0 N–H and O–H groups in total. The molecule has 0 unspecified atom stereocenters. The summed E-state index contributed by atoms with van der Waals surface area (Å²) >= 11 is 6.38. The van der Waals surface area contributed by atoms with Crippen molar-refractivity contribution in [3.63, 3.8) is 0 Å². The number of benzene rings is 4. The van der Waals surface area contributed by atoms with E-state index in [0.29, 0.717) is 22.8 Å². The summed E-state index contributed by atoms with van der Waals surface area (Å²) in [6.45, 7) is 0.331. The van der Waals surface area contributed by atoms with E-state index in [1.54, 1.807) is 6.08 Å². The van der Waals surface area contributed by atoms with Crippen molar-refractivity contribution in [3.05, 3.63) is 113 Å². The van der Waals surface area contributed by atoms with Gasteiger partial charge in [0.1, 0.15) is 12.4 Å². The highest BCUT2D eigenvalue weighted by atomic mass is 32.2. The van der Waals surface area contributed by atoms with Gasteiger partial charge in [-0.25, -0.2) is 0 Å². The summed E-state index contributed by atoms with van der Waals surface area (Å²) < 4.78 is 45.8. The van der Waals surface area contributed by atoms with E-state index in [9.17, 15) is 18.0 Å². The molecule has 1 aliphatic rings. The number of carbonyl (C=O) groups excluding carboxylic acids is 1. The van der Waals surface area contributed by atoms with Crippen LogP contribution in [0, 0.1) is 0 Å². The van der Waals surface area contributed by atoms with Crippen LogP contribution in [0.15, 0.2) is 95.9 Å². The minimum Gasteiger partial charge on any atom is -0.488 e. The lowest BCUT2D eigenvalue weighted by Gasteiger charge is -2.16. The Kier molecular flexibility index (Phi) is 6.55. The molecule has 4 aromatic carbocycles. The van der Waals surface area contributed by atoms with Crippen molar-refractivity contribution in [2.75, 3.05) is 4.90 Å². The number of nitrogens with zero attached hydrogens (tertiary/aromatic N) is 1. The van der Waals surface area contributed by atoms with Gasteiger partial charge >= 0.3 is 6.18 Å². The molecule has 4 aromatic rings. The number of hydrogen-bond acceptors (Lipinski definition) is 4. The summed E-state index contributed by atoms with van der Waals surface area (Å²) in [5.41, 5.74) is 0.933. The predicted molar refractivity (Wildman–Crippen MR) is 142 cm³/mol. The molecular formula is C28H18F3NO2S2. The van der Waals surface area contributed by atoms with Gasteiger partial charge < -0.3 is 4.74 Å². The molecule has 3 nitrogen and oxygen atoms in total. The summed E-state index contributed by atoms with van der Waals surface area (Å²) in [5, 5.41) is 2.21. The number of amides is 1. The van der Waals surface area contributed by atoms with Crippen LogP contribution in [0.5, 0.6) is 5.75 Å². The van der Waals surface area contributed by atoms with Gasteiger partial charge in [-0.15, -0.1) is 0 Å². The molecule has 1 aliphatic heterocycles. The Morgan fingerprint density at radius 3 is 2.47 bits per heavy atom. The van der Waals surface area contributed by atoms with E-state index in [-0.39, 0.29) is 10.0 Å². The van der Waals surface area contributed by atoms with Crippen LogP contribution in [-0.2, 0) is 17.6 Å². The van der Waals surface area contributed by atoms with Crippen LogP contribution in [0.1, 0.15) is 16.7 Å². The van der Waals surface area contributed by atoms with E-state index in [2.05, 4.69) is 0 Å². The minimum absolute atomic E-state index is 0.0798. The molecule has 180 valence electrons. The second kappa shape index (κ2) is 9.79. The van der Waals surface area contributed by atoms with Crippen LogP contribution in [0.4, 0.5) is 18.9 Å². The summed E-state index contributed by atoms with van der Waals surface area (Å²) in [6.07, 6.45) is -2.86. The third-order valence-electron chi connectivity index (χ3n) is 5.69. The first-order chi connectivity index (χ1) is 17.3. The zero-order chi connectivity index (χ0) is 25.3. The molecule has 1 heterocycles. The van der Waals surface area contributed by atoms with E-state index in [1.165, 1.54) is 12.1 Å². The number of thiocarbonyl (C=S) groups is 1. The van der Waals surface area contributed by atoms with Gasteiger partial charge in [0.05, 0.1) is 16.2 Å². The van der Waals surface area contributed by atoms with Crippen molar-refractivity contribution < 1.29 is 22.7 Å². The van der Waals surface area contributed by atoms with Gasteiger partial charge in [0.15, 0.2) is 4.32 Å². The van der Waals surface area contributed by atoms with Gasteiger partial charge in [0.25, 0.3) is 5.91 Å². The number of ether oxygens (including phenoxy) is 1. The highest BCUT2D eigenvalue weighted by Crippen LogP contribution is 2.39. The molecule has 0 radical (unpaired) electrons. The summed E-state index contributed by atoms with van der Waals surface area (Å²) in [5.74, 6) is 0.1000. The molecule has 5 rings (SSSR count). The van der Waals surface area contributed by atoms with Crippen molar-refractivity contribution in [1.82, 2.24) is 0 Å². The van der Waals surface area contributed by atoms with Crippen LogP contribution in [0.3, 0.4) is 0 Å². The number of para-hydroxylation sites is 1. The number of anilines is 1. The predicted octanol–water partition coefficient (Wildman–Crippen LogP) is 7.84. The maximum Gasteiger partial charge on any atom is 0.416 e. The Balaban J connectivity index is 1.40. The SMILES string of the molecule is O=C1/C(=C\c2ccccc2OCc2cccc3ccccc23)SC(=S)N1c1cccc(C(F)(F)F)c1. The third-order valence-corrected chi connectivity index (χ3v) is 7.00. The fraction of sp³-hybridized carbons (Fsp3) is 0.0714. The Morgan fingerprint density at radius 2 is 1.64 bits per heavy atom. The lowest BCUT2D eigenvalue weighted by atomic mass is 10.1. The van der Waals surface area contributed by atoms with Crippen molar-refractivity contribution in [2.24, 2.45) is 0 Å². The molecule has 1 fully saturated rings. The first kappa shape index (κ1) is 24.1. The Bertz CT molecular complexity index is 1510. The van der Waals surface area contributed by atoms with Gasteiger partial charge in [-0.2, -0.15) is 13.2 Å². The van der Waals surface area contributed by atoms with E-state index in [0.717, 1.165) is 45.1 Å². The molecule has 0 aromatic heterocycles. The summed E-state index contributed by atoms with van der Waals surface area (Å²) in [6, 6.07) is 25.9. The highest BCUT2D eigenvalue weighted by Gasteiger charge is 2.36. The van der Waals surface area contributed by atoms with Crippen molar-refractivity contribution in [1.29, 1.82) is 0 Å². The fourth-order valence-corrected chi connectivity index (χ4v) is 5.25. The normalized spacial score (nSPS) is 15.2. The maximum absolute atomic E-state index is 13.2. The van der Waals surface area contributed by atoms with Crippen molar-refractivity contribution >= 4 is 56.7 Å². The quantitative estimate of drug-likeness (QED) is 0.198. The smallest absolute Gasteiger partial charge is 0.416 e. The van der Waals surface area contributed by atoms with Crippen LogP contribution in [0.2, 0.25) is 0 Å². The highest BCUT2D eigenvalue weighted by molar-refractivity contribution is 8.27. The van der Waals surface area contributed by atoms with Gasteiger partial charge in [-0.1, -0.05) is 90.7 Å². The van der Waals surface area contributed by atoms with Gasteiger partial charge in [0.2, 0.25) is 0 Å². The van der Waals surface area contributed by atoms with Crippen molar-refractivity contribution in [2.45, 2.75) is 12.8 Å².